The molecule has 1 atom stereocenters. The van der Waals surface area contributed by atoms with Crippen LogP contribution in [0.25, 0.3) is 0 Å². The van der Waals surface area contributed by atoms with Crippen molar-refractivity contribution in [2.45, 2.75) is 20.0 Å². The number of esters is 1. The topological polar surface area (TPSA) is 43.4 Å². The smallest absolute Gasteiger partial charge is 0.303 e. The number of benzene rings is 1. The van der Waals surface area contributed by atoms with Gasteiger partial charge in [0.1, 0.15) is 0 Å². The molecule has 0 heterocycles. The van der Waals surface area contributed by atoms with Crippen LogP contribution in [0.15, 0.2) is 24.3 Å². The zero-order valence-corrected chi connectivity index (χ0v) is 9.25. The van der Waals surface area contributed by atoms with Crippen LogP contribution in [0.5, 0.6) is 0 Å². The average molecular weight is 227 g/mol. The molecule has 1 aromatic carbocycles. The fraction of sp³-hybridized carbons (Fsp3) is 0.273. The summed E-state index contributed by atoms with van der Waals surface area (Å²) in [6.45, 7) is 2.63. The van der Waals surface area contributed by atoms with Crippen molar-refractivity contribution in [3.8, 4) is 0 Å². The van der Waals surface area contributed by atoms with Crippen LogP contribution in [0.2, 0.25) is 5.02 Å². The van der Waals surface area contributed by atoms with E-state index in [2.05, 4.69) is 0 Å². The molecule has 0 fully saturated rings. The highest BCUT2D eigenvalue weighted by molar-refractivity contribution is 6.30. The van der Waals surface area contributed by atoms with Crippen LogP contribution in [0.4, 0.5) is 0 Å². The first-order valence-electron chi connectivity index (χ1n) is 4.44. The Morgan fingerprint density at radius 3 is 2.47 bits per heavy atom. The minimum absolute atomic E-state index is 0.229. The number of carbonyl (C=O) groups excluding carboxylic acids is 2. The van der Waals surface area contributed by atoms with E-state index in [1.807, 2.05) is 0 Å². The molecule has 80 valence electrons. The van der Waals surface area contributed by atoms with Gasteiger partial charge in [0.15, 0.2) is 11.9 Å². The molecule has 0 N–H and O–H groups in total. The Morgan fingerprint density at radius 1 is 1.33 bits per heavy atom. The highest BCUT2D eigenvalue weighted by Gasteiger charge is 2.19. The average Bonchev–Trinajstić information content (AvgIpc) is 2.13. The third-order valence-corrected chi connectivity index (χ3v) is 2.04. The minimum Gasteiger partial charge on any atom is -0.450 e. The van der Waals surface area contributed by atoms with Crippen molar-refractivity contribution in [3.05, 3.63) is 34.9 Å². The number of hydrogen-bond acceptors (Lipinski definition) is 3. The fourth-order valence-electron chi connectivity index (χ4n) is 1.22. The first kappa shape index (κ1) is 11.7. The van der Waals surface area contributed by atoms with E-state index >= 15 is 0 Å². The summed E-state index contributed by atoms with van der Waals surface area (Å²) >= 11 is 5.78. The Kier molecular flexibility index (Phi) is 3.86. The Bertz CT molecular complexity index is 387. The highest BCUT2D eigenvalue weighted by Crippen LogP contribution is 2.21. The lowest BCUT2D eigenvalue weighted by molar-refractivity contribution is -0.152. The van der Waals surface area contributed by atoms with Gasteiger partial charge in [0.2, 0.25) is 0 Å². The van der Waals surface area contributed by atoms with Crippen LogP contribution in [-0.2, 0) is 14.3 Å². The van der Waals surface area contributed by atoms with Gasteiger partial charge in [-0.2, -0.15) is 0 Å². The van der Waals surface area contributed by atoms with E-state index in [-0.39, 0.29) is 5.78 Å². The van der Waals surface area contributed by atoms with E-state index in [4.69, 9.17) is 16.3 Å². The van der Waals surface area contributed by atoms with E-state index in [0.29, 0.717) is 10.6 Å². The van der Waals surface area contributed by atoms with Crippen LogP contribution in [0.3, 0.4) is 0 Å². The third-order valence-electron chi connectivity index (χ3n) is 1.80. The summed E-state index contributed by atoms with van der Waals surface area (Å²) in [5.41, 5.74) is 0.588. The molecule has 15 heavy (non-hydrogen) atoms. The first-order chi connectivity index (χ1) is 7.00. The molecule has 0 aromatic heterocycles. The zero-order chi connectivity index (χ0) is 11.4. The van der Waals surface area contributed by atoms with Crippen LogP contribution >= 0.6 is 11.6 Å². The van der Waals surface area contributed by atoms with E-state index in [1.54, 1.807) is 24.3 Å². The molecule has 0 bridgehead atoms. The van der Waals surface area contributed by atoms with Crippen molar-refractivity contribution in [1.82, 2.24) is 0 Å². The molecule has 1 unspecified atom stereocenters. The zero-order valence-electron chi connectivity index (χ0n) is 8.49. The fourth-order valence-corrected chi connectivity index (χ4v) is 1.42. The van der Waals surface area contributed by atoms with Crippen molar-refractivity contribution in [2.24, 2.45) is 0 Å². The van der Waals surface area contributed by atoms with E-state index in [0.717, 1.165) is 0 Å². The monoisotopic (exact) mass is 226 g/mol. The van der Waals surface area contributed by atoms with Gasteiger partial charge in [-0.25, -0.2) is 0 Å². The van der Waals surface area contributed by atoms with Crippen LogP contribution in [-0.4, -0.2) is 11.8 Å². The van der Waals surface area contributed by atoms with E-state index < -0.39 is 12.1 Å². The summed E-state index contributed by atoms with van der Waals surface area (Å²) in [5, 5.41) is 0.505. The van der Waals surface area contributed by atoms with Gasteiger partial charge in [-0.3, -0.25) is 9.59 Å². The molecule has 0 aliphatic heterocycles. The van der Waals surface area contributed by atoms with Crippen molar-refractivity contribution in [1.29, 1.82) is 0 Å². The molecule has 0 aliphatic carbocycles. The van der Waals surface area contributed by atoms with Crippen LogP contribution in [0, 0.1) is 0 Å². The second-order valence-electron chi connectivity index (χ2n) is 3.16. The molecule has 0 amide bonds. The van der Waals surface area contributed by atoms with Crippen LogP contribution < -0.4 is 0 Å². The molecule has 3 nitrogen and oxygen atoms in total. The maximum absolute atomic E-state index is 11.3. The number of ether oxygens (including phenoxy) is 1. The Labute approximate surface area is 93.0 Å². The summed E-state index contributed by atoms with van der Waals surface area (Å²) in [6.07, 6.45) is -0.860. The van der Waals surface area contributed by atoms with Crippen LogP contribution in [0.1, 0.15) is 25.5 Å². The first-order valence-corrected chi connectivity index (χ1v) is 4.81. The molecule has 0 saturated carbocycles. The SMILES string of the molecule is CC(=O)OC(C(C)=O)c1cccc(Cl)c1. The van der Waals surface area contributed by atoms with E-state index in [1.165, 1.54) is 13.8 Å². The van der Waals surface area contributed by atoms with Crippen molar-refractivity contribution in [2.75, 3.05) is 0 Å². The Morgan fingerprint density at radius 2 is 2.00 bits per heavy atom. The molecular formula is C11H11ClO3. The van der Waals surface area contributed by atoms with Crippen molar-refractivity contribution in [3.63, 3.8) is 0 Å². The highest BCUT2D eigenvalue weighted by atomic mass is 35.5. The number of hydrogen-bond donors (Lipinski definition) is 0. The molecular weight excluding hydrogens is 216 g/mol. The molecule has 0 saturated heterocycles. The standard InChI is InChI=1S/C11H11ClO3/c1-7(13)11(15-8(2)14)9-4-3-5-10(12)6-9/h3-6,11H,1-2H3. The van der Waals surface area contributed by atoms with Crippen molar-refractivity contribution < 1.29 is 14.3 Å². The maximum atomic E-state index is 11.3. The van der Waals surface area contributed by atoms with Gasteiger partial charge in [0.25, 0.3) is 0 Å². The Hall–Kier alpha value is -1.35. The van der Waals surface area contributed by atoms with E-state index in [9.17, 15) is 9.59 Å². The maximum Gasteiger partial charge on any atom is 0.303 e. The van der Waals surface area contributed by atoms with Gasteiger partial charge in [0, 0.05) is 17.5 Å². The Balaban J connectivity index is 2.98. The lowest BCUT2D eigenvalue weighted by Gasteiger charge is -2.14. The summed E-state index contributed by atoms with van der Waals surface area (Å²) < 4.78 is 4.91. The summed E-state index contributed by atoms with van der Waals surface area (Å²) in [6, 6.07) is 6.70. The van der Waals surface area contributed by atoms with Gasteiger partial charge < -0.3 is 4.74 Å². The largest absolute Gasteiger partial charge is 0.450 e. The number of rotatable bonds is 3. The molecule has 4 heteroatoms. The lowest BCUT2D eigenvalue weighted by Crippen LogP contribution is -2.15. The molecule has 1 aromatic rings. The van der Waals surface area contributed by atoms with Gasteiger partial charge in [-0.1, -0.05) is 23.7 Å². The van der Waals surface area contributed by atoms with Gasteiger partial charge >= 0.3 is 5.97 Å². The number of halogens is 1. The number of ketones is 1. The second-order valence-corrected chi connectivity index (χ2v) is 3.59. The molecule has 0 aliphatic rings. The van der Waals surface area contributed by atoms with Crippen molar-refractivity contribution >= 4 is 23.4 Å². The van der Waals surface area contributed by atoms with Gasteiger partial charge in [-0.15, -0.1) is 0 Å². The molecule has 0 radical (unpaired) electrons. The molecule has 0 spiro atoms. The van der Waals surface area contributed by atoms with Gasteiger partial charge in [-0.05, 0) is 19.1 Å². The quantitative estimate of drug-likeness (QED) is 0.744. The number of carbonyl (C=O) groups is 2. The summed E-state index contributed by atoms with van der Waals surface area (Å²) in [4.78, 5) is 22.1. The van der Waals surface area contributed by atoms with Gasteiger partial charge in [0.05, 0.1) is 0 Å². The molecule has 1 rings (SSSR count). The second kappa shape index (κ2) is 4.94. The normalized spacial score (nSPS) is 11.9. The lowest BCUT2D eigenvalue weighted by atomic mass is 10.1. The minimum atomic E-state index is -0.860. The number of Topliss-reactive ketones (excluding diaryl/α,β-unsaturated/α-hetero) is 1. The summed E-state index contributed by atoms with van der Waals surface area (Å²) in [5.74, 6) is -0.720. The third kappa shape index (κ3) is 3.36. The predicted molar refractivity (Wildman–Crippen MR) is 56.6 cm³/mol. The predicted octanol–water partition coefficient (Wildman–Crippen LogP) is 2.53. The summed E-state index contributed by atoms with van der Waals surface area (Å²) in [7, 11) is 0.